The number of fused-ring (bicyclic) bond motifs is 2. The minimum Gasteiger partial charge on any atom is -0.0733 e. The van der Waals surface area contributed by atoms with Crippen molar-refractivity contribution in [3.05, 3.63) is 11.1 Å². The van der Waals surface area contributed by atoms with Crippen LogP contribution in [0.15, 0.2) is 11.1 Å². The molecule has 12 heavy (non-hydrogen) atoms. The van der Waals surface area contributed by atoms with Crippen molar-refractivity contribution in [1.29, 1.82) is 0 Å². The fraction of sp³-hybridized carbons (Fsp3) is 0.833. The van der Waals surface area contributed by atoms with Gasteiger partial charge in [-0.1, -0.05) is 25.0 Å². The predicted molar refractivity (Wildman–Crippen MR) is 53.1 cm³/mol. The van der Waals surface area contributed by atoms with Crippen LogP contribution >= 0.6 is 0 Å². The summed E-state index contributed by atoms with van der Waals surface area (Å²) in [6.45, 7) is 9.60. The van der Waals surface area contributed by atoms with E-state index in [0.29, 0.717) is 10.8 Å². The fourth-order valence-corrected chi connectivity index (χ4v) is 3.46. The van der Waals surface area contributed by atoms with E-state index in [1.54, 1.807) is 11.1 Å². The average molecular weight is 164 g/mol. The van der Waals surface area contributed by atoms with E-state index in [1.165, 1.54) is 25.7 Å². The first-order valence-corrected chi connectivity index (χ1v) is 5.12. The molecule has 1 fully saturated rings. The van der Waals surface area contributed by atoms with Gasteiger partial charge in [-0.05, 0) is 50.4 Å². The first-order chi connectivity index (χ1) is 5.45. The Morgan fingerprint density at radius 2 is 1.75 bits per heavy atom. The van der Waals surface area contributed by atoms with Gasteiger partial charge in [-0.25, -0.2) is 0 Å². The summed E-state index contributed by atoms with van der Waals surface area (Å²) in [7, 11) is 0. The van der Waals surface area contributed by atoms with E-state index < -0.39 is 0 Å². The molecule has 0 aromatic carbocycles. The van der Waals surface area contributed by atoms with Gasteiger partial charge in [-0.3, -0.25) is 0 Å². The van der Waals surface area contributed by atoms with Crippen LogP contribution in [0.4, 0.5) is 0 Å². The highest BCUT2D eigenvalue weighted by molar-refractivity contribution is 5.27. The monoisotopic (exact) mass is 164 g/mol. The molecule has 0 aromatic heterocycles. The lowest BCUT2D eigenvalue weighted by Crippen LogP contribution is -2.24. The smallest absolute Gasteiger partial charge is 0.0111 e. The van der Waals surface area contributed by atoms with Gasteiger partial charge < -0.3 is 0 Å². The van der Waals surface area contributed by atoms with Crippen LogP contribution in [0.5, 0.6) is 0 Å². The highest BCUT2D eigenvalue weighted by Gasteiger charge is 2.47. The molecule has 2 aliphatic carbocycles. The Morgan fingerprint density at radius 3 is 2.42 bits per heavy atom. The van der Waals surface area contributed by atoms with E-state index in [0.717, 1.165) is 0 Å². The normalized spacial score (nSPS) is 47.0. The Balaban J connectivity index is 2.44. The number of hydrogen-bond donors (Lipinski definition) is 0. The van der Waals surface area contributed by atoms with Crippen LogP contribution in [0.25, 0.3) is 0 Å². The molecule has 2 unspecified atom stereocenters. The molecule has 2 bridgehead atoms. The van der Waals surface area contributed by atoms with E-state index in [2.05, 4.69) is 27.7 Å². The minimum absolute atomic E-state index is 0.567. The molecule has 0 radical (unpaired) electrons. The third kappa shape index (κ3) is 0.967. The van der Waals surface area contributed by atoms with Crippen LogP contribution in [0, 0.1) is 10.8 Å². The summed E-state index contributed by atoms with van der Waals surface area (Å²) in [5.74, 6) is 0. The molecule has 2 aliphatic rings. The Kier molecular flexibility index (Phi) is 1.50. The van der Waals surface area contributed by atoms with Gasteiger partial charge >= 0.3 is 0 Å². The van der Waals surface area contributed by atoms with Gasteiger partial charge in [0.25, 0.3) is 0 Å². The molecule has 0 amide bonds. The second-order valence-electron chi connectivity index (χ2n) is 5.63. The van der Waals surface area contributed by atoms with Crippen molar-refractivity contribution in [2.24, 2.45) is 10.8 Å². The van der Waals surface area contributed by atoms with Gasteiger partial charge in [0.05, 0.1) is 0 Å². The average Bonchev–Trinajstić information content (AvgIpc) is 2.22. The Hall–Kier alpha value is -0.260. The maximum absolute atomic E-state index is 2.47. The van der Waals surface area contributed by atoms with Gasteiger partial charge in [0.1, 0.15) is 0 Å². The summed E-state index contributed by atoms with van der Waals surface area (Å²) < 4.78 is 0. The highest BCUT2D eigenvalue weighted by atomic mass is 14.5. The van der Waals surface area contributed by atoms with Crippen molar-refractivity contribution in [3.8, 4) is 0 Å². The highest BCUT2D eigenvalue weighted by Crippen LogP contribution is 2.59. The zero-order valence-electron chi connectivity index (χ0n) is 8.83. The van der Waals surface area contributed by atoms with E-state index in [9.17, 15) is 0 Å². The molecule has 0 heteroatoms. The summed E-state index contributed by atoms with van der Waals surface area (Å²) in [5.41, 5.74) is 4.58. The summed E-state index contributed by atoms with van der Waals surface area (Å²) >= 11 is 0. The molecular weight excluding hydrogens is 144 g/mol. The standard InChI is InChI=1S/C12H20/c1-9-7-11(3)5-6-12(4,8-11)10(9)2/h5-8H2,1-4H3. The fourth-order valence-electron chi connectivity index (χ4n) is 3.46. The van der Waals surface area contributed by atoms with Crippen LogP contribution < -0.4 is 0 Å². The maximum Gasteiger partial charge on any atom is -0.0111 e. The molecule has 0 aliphatic heterocycles. The van der Waals surface area contributed by atoms with Crippen molar-refractivity contribution in [3.63, 3.8) is 0 Å². The lowest BCUT2D eigenvalue weighted by molar-refractivity contribution is 0.263. The van der Waals surface area contributed by atoms with Gasteiger partial charge in [0.2, 0.25) is 0 Å². The van der Waals surface area contributed by atoms with Crippen LogP contribution in [0.1, 0.15) is 53.4 Å². The van der Waals surface area contributed by atoms with Gasteiger partial charge in [0.15, 0.2) is 0 Å². The maximum atomic E-state index is 2.47. The van der Waals surface area contributed by atoms with Gasteiger partial charge in [-0.15, -0.1) is 0 Å². The number of allylic oxidation sites excluding steroid dienone is 2. The minimum atomic E-state index is 0.567. The lowest BCUT2D eigenvalue weighted by atomic mass is 9.68. The summed E-state index contributed by atoms with van der Waals surface area (Å²) in [5, 5.41) is 0. The first kappa shape index (κ1) is 8.34. The molecule has 0 saturated heterocycles. The Morgan fingerprint density at radius 1 is 1.08 bits per heavy atom. The van der Waals surface area contributed by atoms with Crippen molar-refractivity contribution in [2.75, 3.05) is 0 Å². The summed E-state index contributed by atoms with van der Waals surface area (Å²) in [6, 6.07) is 0. The Bertz CT molecular complexity index is 249. The van der Waals surface area contributed by atoms with Crippen molar-refractivity contribution >= 4 is 0 Å². The van der Waals surface area contributed by atoms with E-state index in [1.807, 2.05) is 0 Å². The largest absolute Gasteiger partial charge is 0.0733 e. The van der Waals surface area contributed by atoms with Gasteiger partial charge in [0, 0.05) is 0 Å². The van der Waals surface area contributed by atoms with Crippen molar-refractivity contribution < 1.29 is 0 Å². The van der Waals surface area contributed by atoms with Crippen LogP contribution in [-0.4, -0.2) is 0 Å². The van der Waals surface area contributed by atoms with E-state index in [4.69, 9.17) is 0 Å². The second-order valence-corrected chi connectivity index (χ2v) is 5.63. The van der Waals surface area contributed by atoms with Crippen LogP contribution in [0.3, 0.4) is 0 Å². The second kappa shape index (κ2) is 2.16. The number of hydrogen-bond acceptors (Lipinski definition) is 0. The summed E-state index contributed by atoms with van der Waals surface area (Å²) in [4.78, 5) is 0. The van der Waals surface area contributed by atoms with Gasteiger partial charge in [-0.2, -0.15) is 0 Å². The molecule has 0 N–H and O–H groups in total. The molecule has 2 atom stereocenters. The molecule has 68 valence electrons. The third-order valence-electron chi connectivity index (χ3n) is 4.33. The van der Waals surface area contributed by atoms with Crippen LogP contribution in [0.2, 0.25) is 0 Å². The Labute approximate surface area is 76.1 Å². The molecule has 0 heterocycles. The molecule has 0 nitrogen and oxygen atoms in total. The van der Waals surface area contributed by atoms with E-state index in [-0.39, 0.29) is 0 Å². The lowest BCUT2D eigenvalue weighted by Gasteiger charge is -2.37. The SMILES string of the molecule is CC1=C(C)C2(C)CCC(C)(C1)C2. The van der Waals surface area contributed by atoms with Crippen molar-refractivity contribution in [2.45, 2.75) is 53.4 Å². The third-order valence-corrected chi connectivity index (χ3v) is 4.33. The predicted octanol–water partition coefficient (Wildman–Crippen LogP) is 3.92. The molecular formula is C12H20. The molecule has 0 spiro atoms. The topological polar surface area (TPSA) is 0 Å². The first-order valence-electron chi connectivity index (χ1n) is 5.12. The quantitative estimate of drug-likeness (QED) is 0.476. The zero-order chi connectivity index (χ0) is 8.98. The molecule has 2 rings (SSSR count). The molecule has 0 aromatic rings. The molecule has 1 saturated carbocycles. The summed E-state index contributed by atoms with van der Waals surface area (Å²) in [6.07, 6.45) is 5.66. The van der Waals surface area contributed by atoms with Crippen LogP contribution in [-0.2, 0) is 0 Å². The van der Waals surface area contributed by atoms with E-state index >= 15 is 0 Å². The zero-order valence-corrected chi connectivity index (χ0v) is 8.83. The number of rotatable bonds is 0. The van der Waals surface area contributed by atoms with Crippen molar-refractivity contribution in [1.82, 2.24) is 0 Å².